The fourth-order valence-electron chi connectivity index (χ4n) is 2.98. The summed E-state index contributed by atoms with van der Waals surface area (Å²) >= 11 is 0. The van der Waals surface area contributed by atoms with E-state index in [1.165, 1.54) is 12.1 Å². The fourth-order valence-corrected chi connectivity index (χ4v) is 2.98. The first-order chi connectivity index (χ1) is 11.4. The van der Waals surface area contributed by atoms with Gasteiger partial charge in [-0.2, -0.15) is 0 Å². The molecule has 0 bridgehead atoms. The first kappa shape index (κ1) is 16.4. The van der Waals surface area contributed by atoms with Gasteiger partial charge < -0.3 is 20.1 Å². The molecule has 128 valence electrons. The van der Waals surface area contributed by atoms with E-state index in [-0.39, 0.29) is 11.8 Å². The van der Waals surface area contributed by atoms with E-state index in [1.54, 1.807) is 19.2 Å². The lowest BCUT2D eigenvalue weighted by Gasteiger charge is -2.26. The number of hydrogen-bond donors (Lipinski definition) is 1. The SMILES string of the molecule is COc1ccc2c(c1)C(CN)N(c1ccc(OC(F)(F)F)cc1)C2. The van der Waals surface area contributed by atoms with Crippen LogP contribution in [0.3, 0.4) is 0 Å². The third kappa shape index (κ3) is 3.26. The van der Waals surface area contributed by atoms with Gasteiger partial charge >= 0.3 is 6.36 Å². The second-order valence-corrected chi connectivity index (χ2v) is 5.49. The van der Waals surface area contributed by atoms with Crippen molar-refractivity contribution in [3.05, 3.63) is 53.6 Å². The van der Waals surface area contributed by atoms with Crippen LogP contribution in [0.2, 0.25) is 0 Å². The minimum atomic E-state index is -4.69. The van der Waals surface area contributed by atoms with Crippen LogP contribution in [-0.2, 0) is 6.54 Å². The van der Waals surface area contributed by atoms with Gasteiger partial charge in [0.15, 0.2) is 0 Å². The standard InChI is InChI=1S/C17H17F3N2O2/c1-23-14-5-2-11-10-22(16(9-21)15(11)8-14)12-3-6-13(7-4-12)24-17(18,19)20/h2-8,16H,9-10,21H2,1H3. The van der Waals surface area contributed by atoms with Gasteiger partial charge in [0.1, 0.15) is 11.5 Å². The van der Waals surface area contributed by atoms with Crippen molar-refractivity contribution in [2.45, 2.75) is 18.9 Å². The second kappa shape index (κ2) is 6.24. The molecule has 0 aliphatic carbocycles. The minimum absolute atomic E-state index is 0.0514. The highest BCUT2D eigenvalue weighted by Gasteiger charge is 2.32. The Kier molecular flexibility index (Phi) is 4.28. The number of nitrogens with zero attached hydrogens (tertiary/aromatic N) is 1. The summed E-state index contributed by atoms with van der Waals surface area (Å²) in [6, 6.07) is 11.6. The summed E-state index contributed by atoms with van der Waals surface area (Å²) in [6.07, 6.45) is -4.69. The van der Waals surface area contributed by atoms with E-state index in [1.807, 2.05) is 18.2 Å². The monoisotopic (exact) mass is 338 g/mol. The van der Waals surface area contributed by atoms with E-state index < -0.39 is 6.36 Å². The molecule has 0 saturated carbocycles. The summed E-state index contributed by atoms with van der Waals surface area (Å²) in [6.45, 7) is 1.03. The van der Waals surface area contributed by atoms with Crippen molar-refractivity contribution in [2.75, 3.05) is 18.6 Å². The topological polar surface area (TPSA) is 47.7 Å². The highest BCUT2D eigenvalue weighted by Crippen LogP contribution is 2.39. The van der Waals surface area contributed by atoms with E-state index in [4.69, 9.17) is 10.5 Å². The van der Waals surface area contributed by atoms with Crippen LogP contribution in [0.1, 0.15) is 17.2 Å². The summed E-state index contributed by atoms with van der Waals surface area (Å²) in [7, 11) is 1.60. The van der Waals surface area contributed by atoms with E-state index in [9.17, 15) is 13.2 Å². The number of anilines is 1. The van der Waals surface area contributed by atoms with Crippen molar-refractivity contribution in [3.8, 4) is 11.5 Å². The molecule has 4 nitrogen and oxygen atoms in total. The predicted molar refractivity (Wildman–Crippen MR) is 84.1 cm³/mol. The van der Waals surface area contributed by atoms with Gasteiger partial charge in [-0.1, -0.05) is 6.07 Å². The molecule has 0 aromatic heterocycles. The van der Waals surface area contributed by atoms with Crippen LogP contribution in [0.4, 0.5) is 18.9 Å². The smallest absolute Gasteiger partial charge is 0.497 e. The molecule has 2 aromatic carbocycles. The lowest BCUT2D eigenvalue weighted by Crippen LogP contribution is -2.27. The zero-order valence-electron chi connectivity index (χ0n) is 13.0. The van der Waals surface area contributed by atoms with E-state index in [0.29, 0.717) is 13.1 Å². The molecule has 1 heterocycles. The number of alkyl halides is 3. The van der Waals surface area contributed by atoms with Crippen LogP contribution in [0.5, 0.6) is 11.5 Å². The fraction of sp³-hybridized carbons (Fsp3) is 0.294. The molecule has 24 heavy (non-hydrogen) atoms. The van der Waals surface area contributed by atoms with Gasteiger partial charge in [0.25, 0.3) is 0 Å². The molecule has 1 atom stereocenters. The van der Waals surface area contributed by atoms with E-state index >= 15 is 0 Å². The van der Waals surface area contributed by atoms with Crippen LogP contribution in [0, 0.1) is 0 Å². The zero-order valence-corrected chi connectivity index (χ0v) is 13.0. The van der Waals surface area contributed by atoms with E-state index in [2.05, 4.69) is 9.64 Å². The first-order valence-corrected chi connectivity index (χ1v) is 7.40. The average molecular weight is 338 g/mol. The summed E-state index contributed by atoms with van der Waals surface area (Å²) < 4.78 is 45.9. The molecule has 0 spiro atoms. The Morgan fingerprint density at radius 3 is 2.38 bits per heavy atom. The van der Waals surface area contributed by atoms with Crippen LogP contribution < -0.4 is 20.1 Å². The van der Waals surface area contributed by atoms with Gasteiger partial charge in [0, 0.05) is 18.8 Å². The number of rotatable bonds is 4. The largest absolute Gasteiger partial charge is 0.573 e. The van der Waals surface area contributed by atoms with Crippen LogP contribution >= 0.6 is 0 Å². The number of ether oxygens (including phenoxy) is 2. The highest BCUT2D eigenvalue weighted by atomic mass is 19.4. The zero-order chi connectivity index (χ0) is 17.3. The Morgan fingerprint density at radius 1 is 1.12 bits per heavy atom. The van der Waals surface area contributed by atoms with Crippen molar-refractivity contribution in [1.29, 1.82) is 0 Å². The number of benzene rings is 2. The third-order valence-corrected chi connectivity index (χ3v) is 4.05. The second-order valence-electron chi connectivity index (χ2n) is 5.49. The van der Waals surface area contributed by atoms with Crippen LogP contribution in [-0.4, -0.2) is 20.0 Å². The number of fused-ring (bicyclic) bond motifs is 1. The Labute approximate surface area is 137 Å². The third-order valence-electron chi connectivity index (χ3n) is 4.05. The Hall–Kier alpha value is -2.41. The molecule has 1 unspecified atom stereocenters. The lowest BCUT2D eigenvalue weighted by atomic mass is 10.0. The highest BCUT2D eigenvalue weighted by molar-refractivity contribution is 5.57. The molecule has 0 radical (unpaired) electrons. The molecule has 3 rings (SSSR count). The molecule has 0 saturated heterocycles. The Bertz CT molecular complexity index is 717. The maximum atomic E-state index is 12.2. The van der Waals surface area contributed by atoms with E-state index in [0.717, 1.165) is 22.6 Å². The van der Waals surface area contributed by atoms with Crippen molar-refractivity contribution >= 4 is 5.69 Å². The maximum Gasteiger partial charge on any atom is 0.573 e. The van der Waals surface area contributed by atoms with Gasteiger partial charge in [-0.05, 0) is 47.5 Å². The van der Waals surface area contributed by atoms with Gasteiger partial charge in [-0.25, -0.2) is 0 Å². The summed E-state index contributed by atoms with van der Waals surface area (Å²) in [4.78, 5) is 2.06. The minimum Gasteiger partial charge on any atom is -0.497 e. The molecule has 0 fully saturated rings. The molecule has 2 aromatic rings. The number of nitrogens with two attached hydrogens (primary N) is 1. The van der Waals surface area contributed by atoms with Crippen LogP contribution in [0.25, 0.3) is 0 Å². The van der Waals surface area contributed by atoms with Gasteiger partial charge in [0.05, 0.1) is 13.2 Å². The van der Waals surface area contributed by atoms with Crippen LogP contribution in [0.15, 0.2) is 42.5 Å². The Morgan fingerprint density at radius 2 is 1.79 bits per heavy atom. The van der Waals surface area contributed by atoms with Crippen molar-refractivity contribution in [1.82, 2.24) is 0 Å². The lowest BCUT2D eigenvalue weighted by molar-refractivity contribution is -0.274. The molecular weight excluding hydrogens is 321 g/mol. The van der Waals surface area contributed by atoms with Crippen molar-refractivity contribution in [2.24, 2.45) is 5.73 Å². The van der Waals surface area contributed by atoms with Gasteiger partial charge in [0.2, 0.25) is 0 Å². The molecule has 2 N–H and O–H groups in total. The van der Waals surface area contributed by atoms with Crippen molar-refractivity contribution in [3.63, 3.8) is 0 Å². The molecular formula is C17H17F3N2O2. The summed E-state index contributed by atoms with van der Waals surface area (Å²) in [5, 5.41) is 0. The average Bonchev–Trinajstić information content (AvgIpc) is 2.91. The van der Waals surface area contributed by atoms with Gasteiger partial charge in [-0.3, -0.25) is 0 Å². The molecule has 1 aliphatic heterocycles. The predicted octanol–water partition coefficient (Wildman–Crippen LogP) is 3.61. The number of hydrogen-bond acceptors (Lipinski definition) is 4. The number of halogens is 3. The van der Waals surface area contributed by atoms with Gasteiger partial charge in [-0.15, -0.1) is 13.2 Å². The van der Waals surface area contributed by atoms with Crippen molar-refractivity contribution < 1.29 is 22.6 Å². The number of methoxy groups -OCH3 is 1. The summed E-state index contributed by atoms with van der Waals surface area (Å²) in [5.74, 6) is 0.511. The normalized spacial score (nSPS) is 16.9. The summed E-state index contributed by atoms with van der Waals surface area (Å²) in [5.41, 5.74) is 8.92. The Balaban J connectivity index is 1.85. The quantitative estimate of drug-likeness (QED) is 0.925. The maximum absolute atomic E-state index is 12.2. The first-order valence-electron chi connectivity index (χ1n) is 7.40. The molecule has 7 heteroatoms. The molecule has 1 aliphatic rings. The molecule has 0 amide bonds.